The van der Waals surface area contributed by atoms with Crippen LogP contribution in [0.1, 0.15) is 58.9 Å². The van der Waals surface area contributed by atoms with Crippen LogP contribution in [0.4, 0.5) is 4.79 Å². The van der Waals surface area contributed by atoms with Crippen molar-refractivity contribution in [3.8, 4) is 0 Å². The molecule has 0 bridgehead atoms. The lowest BCUT2D eigenvalue weighted by Crippen LogP contribution is -2.51. The molecule has 0 radical (unpaired) electrons. The van der Waals surface area contributed by atoms with E-state index in [2.05, 4.69) is 63.1 Å². The van der Waals surface area contributed by atoms with E-state index in [0.29, 0.717) is 12.6 Å². The summed E-state index contributed by atoms with van der Waals surface area (Å²) >= 11 is 0. The third-order valence-corrected chi connectivity index (χ3v) is 5.27. The number of piperidine rings is 1. The summed E-state index contributed by atoms with van der Waals surface area (Å²) in [6.07, 6.45) is 3.65. The Hall–Kier alpha value is -2.28. The number of nitrogens with zero attached hydrogens (tertiary/aromatic N) is 2. The van der Waals surface area contributed by atoms with Crippen LogP contribution >= 0.6 is 0 Å². The van der Waals surface area contributed by atoms with Crippen LogP contribution in [-0.2, 0) is 11.3 Å². The minimum atomic E-state index is -0.499. The standard InChI is InChI=1S/C24H41N5O2/c1-6-10-21(28-23(30)31-24(2,3)4)17-26-22(25-5)27-20-13-15-29(16-14-20)18-19-11-8-7-9-12-19/h7-9,11-12,20-21H,6,10,13-18H2,1-5H3,(H,28,30)(H2,25,26,27). The quantitative estimate of drug-likeness (QED) is 0.434. The monoisotopic (exact) mass is 431 g/mol. The van der Waals surface area contributed by atoms with Crippen LogP contribution in [0.25, 0.3) is 0 Å². The van der Waals surface area contributed by atoms with Crippen molar-refractivity contribution in [3.63, 3.8) is 0 Å². The van der Waals surface area contributed by atoms with Gasteiger partial charge in [0, 0.05) is 45.3 Å². The molecule has 1 heterocycles. The lowest BCUT2D eigenvalue weighted by Gasteiger charge is -2.33. The molecule has 174 valence electrons. The molecule has 2 rings (SSSR count). The average Bonchev–Trinajstić information content (AvgIpc) is 2.71. The highest BCUT2D eigenvalue weighted by Crippen LogP contribution is 2.14. The fourth-order valence-corrected chi connectivity index (χ4v) is 3.73. The molecule has 1 aliphatic rings. The van der Waals surface area contributed by atoms with Crippen molar-refractivity contribution in [1.82, 2.24) is 20.9 Å². The number of likely N-dealkylation sites (tertiary alicyclic amines) is 1. The van der Waals surface area contributed by atoms with E-state index in [-0.39, 0.29) is 12.1 Å². The van der Waals surface area contributed by atoms with Gasteiger partial charge in [0.1, 0.15) is 5.60 Å². The van der Waals surface area contributed by atoms with Gasteiger partial charge in [0.05, 0.1) is 0 Å². The number of carbonyl (C=O) groups is 1. The van der Waals surface area contributed by atoms with Crippen molar-refractivity contribution in [2.45, 2.75) is 77.6 Å². The molecule has 7 heteroatoms. The van der Waals surface area contributed by atoms with Crippen molar-refractivity contribution < 1.29 is 9.53 Å². The van der Waals surface area contributed by atoms with Gasteiger partial charge in [0.25, 0.3) is 0 Å². The summed E-state index contributed by atoms with van der Waals surface area (Å²) in [6.45, 7) is 11.5. The smallest absolute Gasteiger partial charge is 0.407 e. The molecule has 1 amide bonds. The first-order valence-electron chi connectivity index (χ1n) is 11.5. The van der Waals surface area contributed by atoms with Crippen molar-refractivity contribution in [3.05, 3.63) is 35.9 Å². The van der Waals surface area contributed by atoms with Gasteiger partial charge in [-0.3, -0.25) is 9.89 Å². The van der Waals surface area contributed by atoms with Crippen LogP contribution in [0.3, 0.4) is 0 Å². The lowest BCUT2D eigenvalue weighted by molar-refractivity contribution is 0.0502. The van der Waals surface area contributed by atoms with Gasteiger partial charge < -0.3 is 20.7 Å². The number of carbonyl (C=O) groups excluding carboxylic acids is 1. The van der Waals surface area contributed by atoms with Gasteiger partial charge in [0.2, 0.25) is 0 Å². The number of ether oxygens (including phenoxy) is 1. The van der Waals surface area contributed by atoms with Crippen molar-refractivity contribution in [1.29, 1.82) is 0 Å². The number of benzene rings is 1. The normalized spacial score (nSPS) is 17.1. The second kappa shape index (κ2) is 12.5. The lowest BCUT2D eigenvalue weighted by atomic mass is 10.0. The Morgan fingerprint density at radius 1 is 1.23 bits per heavy atom. The molecule has 1 aromatic carbocycles. The number of guanidine groups is 1. The fraction of sp³-hybridized carbons (Fsp3) is 0.667. The maximum absolute atomic E-state index is 12.1. The zero-order valence-electron chi connectivity index (χ0n) is 19.9. The zero-order chi connectivity index (χ0) is 22.7. The SMILES string of the molecule is CCCC(CNC(=NC)NC1CCN(Cc2ccccc2)CC1)NC(=O)OC(C)(C)C. The molecule has 0 saturated carbocycles. The first-order valence-corrected chi connectivity index (χ1v) is 11.5. The van der Waals surface area contributed by atoms with Gasteiger partial charge in [-0.1, -0.05) is 43.7 Å². The molecule has 0 aliphatic carbocycles. The molecule has 1 unspecified atom stereocenters. The van der Waals surface area contributed by atoms with E-state index in [9.17, 15) is 4.79 Å². The van der Waals surface area contributed by atoms with E-state index < -0.39 is 5.60 Å². The number of hydrogen-bond acceptors (Lipinski definition) is 4. The number of rotatable bonds is 8. The molecule has 0 aromatic heterocycles. The highest BCUT2D eigenvalue weighted by atomic mass is 16.6. The Bertz CT molecular complexity index is 679. The Kier molecular flexibility index (Phi) is 10.1. The molecule has 1 fully saturated rings. The second-order valence-corrected chi connectivity index (χ2v) is 9.27. The van der Waals surface area contributed by atoms with Gasteiger partial charge in [0.15, 0.2) is 5.96 Å². The van der Waals surface area contributed by atoms with Crippen LogP contribution in [0, 0.1) is 0 Å². The summed E-state index contributed by atoms with van der Waals surface area (Å²) in [4.78, 5) is 19.0. The van der Waals surface area contributed by atoms with Gasteiger partial charge >= 0.3 is 6.09 Å². The number of hydrogen-bond donors (Lipinski definition) is 3. The molecule has 3 N–H and O–H groups in total. The van der Waals surface area contributed by atoms with E-state index in [0.717, 1.165) is 51.3 Å². The molecule has 1 atom stereocenters. The predicted molar refractivity (Wildman–Crippen MR) is 127 cm³/mol. The molecule has 31 heavy (non-hydrogen) atoms. The van der Waals surface area contributed by atoms with Gasteiger partial charge in [-0.05, 0) is 45.6 Å². The van der Waals surface area contributed by atoms with Gasteiger partial charge in [-0.15, -0.1) is 0 Å². The maximum atomic E-state index is 12.1. The van der Waals surface area contributed by atoms with E-state index in [1.54, 1.807) is 7.05 Å². The van der Waals surface area contributed by atoms with Crippen LogP contribution in [-0.4, -0.2) is 61.3 Å². The Labute approximate surface area is 188 Å². The predicted octanol–water partition coefficient (Wildman–Crippen LogP) is 3.51. The topological polar surface area (TPSA) is 78.0 Å². The van der Waals surface area contributed by atoms with Gasteiger partial charge in [-0.2, -0.15) is 0 Å². The molecule has 7 nitrogen and oxygen atoms in total. The van der Waals surface area contributed by atoms with Crippen molar-refractivity contribution in [2.24, 2.45) is 4.99 Å². The van der Waals surface area contributed by atoms with Gasteiger partial charge in [-0.25, -0.2) is 4.79 Å². The Morgan fingerprint density at radius 3 is 2.48 bits per heavy atom. The third-order valence-electron chi connectivity index (χ3n) is 5.27. The van der Waals surface area contributed by atoms with Crippen LogP contribution in [0.2, 0.25) is 0 Å². The fourth-order valence-electron chi connectivity index (χ4n) is 3.73. The van der Waals surface area contributed by atoms with E-state index in [4.69, 9.17) is 4.74 Å². The maximum Gasteiger partial charge on any atom is 0.407 e. The highest BCUT2D eigenvalue weighted by molar-refractivity contribution is 5.80. The summed E-state index contributed by atoms with van der Waals surface area (Å²) in [6, 6.07) is 11.0. The van der Waals surface area contributed by atoms with Crippen LogP contribution < -0.4 is 16.0 Å². The first-order chi connectivity index (χ1) is 14.8. The summed E-state index contributed by atoms with van der Waals surface area (Å²) in [5, 5.41) is 9.90. The third kappa shape index (κ3) is 10.0. The minimum Gasteiger partial charge on any atom is -0.444 e. The average molecular weight is 432 g/mol. The molecule has 1 aromatic rings. The van der Waals surface area contributed by atoms with Crippen LogP contribution in [0.5, 0.6) is 0 Å². The Balaban J connectivity index is 1.75. The molecular formula is C24H41N5O2. The number of nitrogens with one attached hydrogen (secondary N) is 3. The molecule has 0 spiro atoms. The van der Waals surface area contributed by atoms with Crippen molar-refractivity contribution >= 4 is 12.1 Å². The van der Waals surface area contributed by atoms with Crippen molar-refractivity contribution in [2.75, 3.05) is 26.7 Å². The summed E-state index contributed by atoms with van der Waals surface area (Å²) in [7, 11) is 1.79. The highest BCUT2D eigenvalue weighted by Gasteiger charge is 2.22. The molecular weight excluding hydrogens is 390 g/mol. The number of alkyl carbamates (subject to hydrolysis) is 1. The second-order valence-electron chi connectivity index (χ2n) is 9.27. The summed E-state index contributed by atoms with van der Waals surface area (Å²) in [5.74, 6) is 0.786. The van der Waals surface area contributed by atoms with E-state index >= 15 is 0 Å². The van der Waals surface area contributed by atoms with E-state index in [1.807, 2.05) is 20.8 Å². The van der Waals surface area contributed by atoms with Crippen LogP contribution in [0.15, 0.2) is 35.3 Å². The number of amides is 1. The molecule has 1 aliphatic heterocycles. The number of aliphatic imine (C=N–C) groups is 1. The first kappa shape index (κ1) is 25.0. The largest absolute Gasteiger partial charge is 0.444 e. The molecule has 1 saturated heterocycles. The zero-order valence-corrected chi connectivity index (χ0v) is 19.9. The minimum absolute atomic E-state index is 0.00822. The van der Waals surface area contributed by atoms with E-state index in [1.165, 1.54) is 5.56 Å². The Morgan fingerprint density at radius 2 is 1.90 bits per heavy atom. The summed E-state index contributed by atoms with van der Waals surface area (Å²) in [5.41, 5.74) is 0.868. The summed E-state index contributed by atoms with van der Waals surface area (Å²) < 4.78 is 5.39.